The molecule has 6 aromatic rings. The molecule has 0 saturated heterocycles. The summed E-state index contributed by atoms with van der Waals surface area (Å²) in [6.07, 6.45) is 5.15. The van der Waals surface area contributed by atoms with Gasteiger partial charge in [0.2, 0.25) is 0 Å². The van der Waals surface area contributed by atoms with Crippen molar-refractivity contribution in [3.8, 4) is 22.5 Å². The van der Waals surface area contributed by atoms with Crippen molar-refractivity contribution >= 4 is 74.7 Å². The number of hydrogen-bond acceptors (Lipinski definition) is 13. The van der Waals surface area contributed by atoms with Gasteiger partial charge in [-0.25, -0.2) is 24.7 Å². The van der Waals surface area contributed by atoms with Crippen LogP contribution in [0.1, 0.15) is 52.1 Å². The minimum Gasteiger partial charge on any atom is -0.476 e. The van der Waals surface area contributed by atoms with E-state index < -0.39 is 28.2 Å². The predicted molar refractivity (Wildman–Crippen MR) is 247 cm³/mol. The van der Waals surface area contributed by atoms with Crippen LogP contribution in [0.25, 0.3) is 22.5 Å². The van der Waals surface area contributed by atoms with E-state index in [9.17, 15) is 14.7 Å². The average Bonchev–Trinajstić information content (AvgIpc) is 3.26. The topological polar surface area (TPSA) is 214 Å². The fraction of sp³-hybridized carbons (Fsp3) is 0.209. The number of amides is 1. The maximum atomic E-state index is 13.3. The van der Waals surface area contributed by atoms with Crippen molar-refractivity contribution in [1.29, 1.82) is 0 Å². The Balaban J connectivity index is 1.18. The first-order valence-corrected chi connectivity index (χ1v) is 24.2. The molecule has 60 heavy (non-hydrogen) atoms. The third kappa shape index (κ3) is 12.0. The molecule has 0 spiro atoms. The molecule has 4 aromatic carbocycles. The van der Waals surface area contributed by atoms with Crippen LogP contribution in [0.5, 0.6) is 0 Å². The minimum absolute atomic E-state index is 0.0336. The second-order valence-corrected chi connectivity index (χ2v) is 20.6. The summed E-state index contributed by atoms with van der Waals surface area (Å²) in [5.74, 6) is -1.80. The van der Waals surface area contributed by atoms with Gasteiger partial charge in [-0.05, 0) is 72.0 Å². The van der Waals surface area contributed by atoms with Gasteiger partial charge in [0.15, 0.2) is 23.0 Å². The Bertz CT molecular complexity index is 2380. The fourth-order valence-electron chi connectivity index (χ4n) is 5.84. The summed E-state index contributed by atoms with van der Waals surface area (Å²) in [4.78, 5) is 44.4. The van der Waals surface area contributed by atoms with E-state index >= 15 is 0 Å². The van der Waals surface area contributed by atoms with Gasteiger partial charge >= 0.3 is 5.97 Å². The van der Waals surface area contributed by atoms with Crippen molar-refractivity contribution in [3.05, 3.63) is 132 Å². The standard InChI is InChI=1S/C43H46N8O5P2S2/c1-4-57(55-3)25-59-34-20-16-32(17-21-34)49-42(52)38-40(45)47-23-35(50-38)28-8-6-27(7-9-28)22-37(56-58(5-2)26-60-33-18-14-31(44)15-19-33)30-12-10-29(11-13-30)36-24-48-41(46)39(51-36)43(53)54/h6-21,23-24,37H,4-5,22,25-26,44H2,1-3H3,(H2,45,47)(H2,46,48)(H,49,52)(H,53,54). The summed E-state index contributed by atoms with van der Waals surface area (Å²) in [7, 11) is 0.448. The summed E-state index contributed by atoms with van der Waals surface area (Å²) in [6, 6.07) is 31.1. The first kappa shape index (κ1) is 44.4. The van der Waals surface area contributed by atoms with Crippen LogP contribution < -0.4 is 22.5 Å². The van der Waals surface area contributed by atoms with E-state index in [0.717, 1.165) is 55.5 Å². The lowest BCUT2D eigenvalue weighted by atomic mass is 9.98. The van der Waals surface area contributed by atoms with Gasteiger partial charge in [0.1, 0.15) is 0 Å². The van der Waals surface area contributed by atoms with Crippen LogP contribution in [0, 0.1) is 0 Å². The van der Waals surface area contributed by atoms with Gasteiger partial charge in [-0.2, -0.15) is 0 Å². The summed E-state index contributed by atoms with van der Waals surface area (Å²) in [6.45, 7) is 4.26. The van der Waals surface area contributed by atoms with Crippen LogP contribution in [-0.2, 0) is 15.5 Å². The second kappa shape index (κ2) is 21.4. The van der Waals surface area contributed by atoms with E-state index in [2.05, 4.69) is 39.1 Å². The van der Waals surface area contributed by atoms with Crippen molar-refractivity contribution in [1.82, 2.24) is 19.9 Å². The Kier molecular flexibility index (Phi) is 15.8. The molecule has 0 bridgehead atoms. The van der Waals surface area contributed by atoms with E-state index in [0.29, 0.717) is 29.1 Å². The zero-order valence-electron chi connectivity index (χ0n) is 33.3. The minimum atomic E-state index is -1.24. The lowest BCUT2D eigenvalue weighted by Crippen LogP contribution is -2.17. The lowest BCUT2D eigenvalue weighted by Gasteiger charge is -2.25. The number of benzene rings is 4. The summed E-state index contributed by atoms with van der Waals surface area (Å²) >= 11 is 3.47. The number of aromatic nitrogens is 4. The van der Waals surface area contributed by atoms with E-state index in [1.807, 2.05) is 97.1 Å². The third-order valence-corrected chi connectivity index (χ3v) is 16.3. The second-order valence-electron chi connectivity index (χ2n) is 13.3. The molecule has 3 atom stereocenters. The van der Waals surface area contributed by atoms with Crippen LogP contribution in [-0.4, -0.2) is 67.3 Å². The highest BCUT2D eigenvalue weighted by Gasteiger charge is 2.21. The van der Waals surface area contributed by atoms with Crippen molar-refractivity contribution in [2.75, 3.05) is 52.9 Å². The number of carbonyl (C=O) groups excluding carboxylic acids is 1. The molecule has 1 amide bonds. The molecule has 0 aliphatic carbocycles. The van der Waals surface area contributed by atoms with Gasteiger partial charge < -0.3 is 36.7 Å². The highest BCUT2D eigenvalue weighted by atomic mass is 32.2. The van der Waals surface area contributed by atoms with E-state index in [-0.39, 0.29) is 29.1 Å². The Morgan fingerprint density at radius 2 is 1.23 bits per heavy atom. The maximum Gasteiger partial charge on any atom is 0.358 e. The number of carboxylic acids is 1. The quantitative estimate of drug-likeness (QED) is 0.0291. The molecule has 8 N–H and O–H groups in total. The molecule has 0 aliphatic heterocycles. The van der Waals surface area contributed by atoms with Gasteiger partial charge in [0.05, 0.1) is 29.9 Å². The highest BCUT2D eigenvalue weighted by Crippen LogP contribution is 2.47. The number of carboxylic acid groups (broad SMARTS) is 1. The number of nitrogen functional groups attached to an aromatic ring is 3. The molecule has 0 aliphatic rings. The van der Waals surface area contributed by atoms with Crippen LogP contribution in [0.3, 0.4) is 0 Å². The van der Waals surface area contributed by atoms with Crippen LogP contribution >= 0.6 is 39.8 Å². The number of nitrogens with one attached hydrogen (secondary N) is 1. The monoisotopic (exact) mass is 880 g/mol. The van der Waals surface area contributed by atoms with Crippen LogP contribution in [0.15, 0.2) is 119 Å². The third-order valence-electron chi connectivity index (χ3n) is 9.25. The fourth-order valence-corrected chi connectivity index (χ4v) is 11.9. The molecule has 0 radical (unpaired) electrons. The molecule has 2 heterocycles. The van der Waals surface area contributed by atoms with Crippen LogP contribution in [0.2, 0.25) is 0 Å². The highest BCUT2D eigenvalue weighted by molar-refractivity contribution is 8.04. The lowest BCUT2D eigenvalue weighted by molar-refractivity contribution is 0.0691. The molecule has 310 valence electrons. The van der Waals surface area contributed by atoms with Gasteiger partial charge in [-0.3, -0.25) is 4.79 Å². The Morgan fingerprint density at radius 3 is 1.78 bits per heavy atom. The van der Waals surface area contributed by atoms with E-state index in [4.69, 9.17) is 26.2 Å². The normalized spacial score (nSPS) is 12.7. The van der Waals surface area contributed by atoms with Crippen molar-refractivity contribution in [3.63, 3.8) is 0 Å². The zero-order valence-corrected chi connectivity index (χ0v) is 36.7. The van der Waals surface area contributed by atoms with Gasteiger partial charge in [0.25, 0.3) is 5.91 Å². The number of nitrogens with two attached hydrogens (primary N) is 3. The number of nitrogens with zero attached hydrogens (tertiary/aromatic N) is 4. The molecule has 0 fully saturated rings. The predicted octanol–water partition coefficient (Wildman–Crippen LogP) is 9.88. The summed E-state index contributed by atoms with van der Waals surface area (Å²) in [5, 5.41) is 12.4. The van der Waals surface area contributed by atoms with Crippen LogP contribution in [0.4, 0.5) is 23.0 Å². The first-order chi connectivity index (χ1) is 29.0. The maximum absolute atomic E-state index is 13.3. The summed E-state index contributed by atoms with van der Waals surface area (Å²) < 4.78 is 12.5. The van der Waals surface area contributed by atoms with E-state index in [1.165, 1.54) is 6.20 Å². The van der Waals surface area contributed by atoms with Gasteiger partial charge in [0, 0.05) is 73.1 Å². The van der Waals surface area contributed by atoms with Gasteiger partial charge in [-0.15, -0.1) is 23.5 Å². The van der Waals surface area contributed by atoms with E-state index in [1.54, 1.807) is 36.8 Å². The van der Waals surface area contributed by atoms with Crippen molar-refractivity contribution in [2.24, 2.45) is 0 Å². The Hall–Kier alpha value is -5.14. The molecule has 3 unspecified atom stereocenters. The van der Waals surface area contributed by atoms with Gasteiger partial charge in [-0.1, -0.05) is 62.4 Å². The summed E-state index contributed by atoms with van der Waals surface area (Å²) in [5.41, 5.74) is 24.9. The SMILES string of the molecule is CCP(CSc1ccc(NC(=O)c2nc(-c3ccc(CC(OP(CC)CSc4ccc(N)cc4)c4ccc(-c5cnc(N)c(C(=O)O)n5)cc4)cc3)cnc2N)cc1)OC. The number of hydrogen-bond donors (Lipinski definition) is 5. The Morgan fingerprint density at radius 1 is 0.717 bits per heavy atom. The van der Waals surface area contributed by atoms with Crippen molar-refractivity contribution < 1.29 is 23.7 Å². The number of rotatable bonds is 19. The molecule has 6 rings (SSSR count). The smallest absolute Gasteiger partial charge is 0.358 e. The largest absolute Gasteiger partial charge is 0.476 e. The number of thioether (sulfide) groups is 2. The molecular weight excluding hydrogens is 835 g/mol. The number of anilines is 4. The first-order valence-electron chi connectivity index (χ1n) is 18.9. The Labute approximate surface area is 360 Å². The molecule has 2 aromatic heterocycles. The average molecular weight is 881 g/mol. The molecule has 13 nitrogen and oxygen atoms in total. The zero-order chi connectivity index (χ0) is 42.6. The number of carbonyl (C=O) groups is 2. The molecular formula is C43H46N8O5P2S2. The van der Waals surface area contributed by atoms with Crippen molar-refractivity contribution in [2.45, 2.75) is 36.2 Å². The molecule has 0 saturated carbocycles. The number of aromatic carboxylic acids is 1. The molecule has 17 heteroatoms.